The van der Waals surface area contributed by atoms with Crippen molar-refractivity contribution in [2.45, 2.75) is 26.8 Å². The average molecular weight is 313 g/mol. The van der Waals surface area contributed by atoms with Crippen LogP contribution in [0.15, 0.2) is 42.5 Å². The molecule has 6 nitrogen and oxygen atoms in total. The summed E-state index contributed by atoms with van der Waals surface area (Å²) in [5.74, 6) is 0. The molecule has 0 aliphatic rings. The first-order chi connectivity index (χ1) is 10.9. The van der Waals surface area contributed by atoms with Gasteiger partial charge in [0.15, 0.2) is 0 Å². The first-order valence-electron chi connectivity index (χ1n) is 7.26. The maximum Gasteiger partial charge on any atom is 0.319 e. The van der Waals surface area contributed by atoms with Crippen molar-refractivity contribution in [3.8, 4) is 0 Å². The predicted octanol–water partition coefficient (Wildman–Crippen LogP) is 4.09. The second-order valence-corrected chi connectivity index (χ2v) is 5.45. The minimum absolute atomic E-state index is 0.137. The molecule has 0 aromatic heterocycles. The Morgan fingerprint density at radius 2 is 1.87 bits per heavy atom. The highest BCUT2D eigenvalue weighted by Gasteiger charge is 2.17. The number of para-hydroxylation sites is 2. The van der Waals surface area contributed by atoms with E-state index in [0.717, 1.165) is 16.7 Å². The van der Waals surface area contributed by atoms with Gasteiger partial charge in [0.25, 0.3) is 5.69 Å². The average Bonchev–Trinajstić information content (AvgIpc) is 2.49. The van der Waals surface area contributed by atoms with E-state index in [0.29, 0.717) is 0 Å². The number of benzene rings is 2. The molecule has 6 heteroatoms. The maximum atomic E-state index is 12.1. The number of hydrogen-bond acceptors (Lipinski definition) is 3. The SMILES string of the molecule is Cc1ccc(C)c([C@@H](C)NC(=O)Nc2ccccc2[N+](=O)[O-])c1. The van der Waals surface area contributed by atoms with Crippen molar-refractivity contribution in [1.82, 2.24) is 5.32 Å². The number of amides is 2. The zero-order valence-corrected chi connectivity index (χ0v) is 13.3. The highest BCUT2D eigenvalue weighted by molar-refractivity contribution is 5.92. The lowest BCUT2D eigenvalue weighted by molar-refractivity contribution is -0.383. The molecule has 0 saturated heterocycles. The second kappa shape index (κ2) is 6.91. The summed E-state index contributed by atoms with van der Waals surface area (Å²) in [4.78, 5) is 22.6. The van der Waals surface area contributed by atoms with Crippen LogP contribution in [0.5, 0.6) is 0 Å². The molecule has 0 aliphatic heterocycles. The van der Waals surface area contributed by atoms with Crippen LogP contribution in [0.1, 0.15) is 29.7 Å². The number of carbonyl (C=O) groups is 1. The number of nitrogens with one attached hydrogen (secondary N) is 2. The van der Waals surface area contributed by atoms with Crippen LogP contribution >= 0.6 is 0 Å². The zero-order valence-electron chi connectivity index (χ0n) is 13.3. The van der Waals surface area contributed by atoms with Gasteiger partial charge in [0.05, 0.1) is 11.0 Å². The van der Waals surface area contributed by atoms with Crippen molar-refractivity contribution in [2.24, 2.45) is 0 Å². The van der Waals surface area contributed by atoms with Crippen LogP contribution in [0.3, 0.4) is 0 Å². The van der Waals surface area contributed by atoms with Crippen molar-refractivity contribution in [1.29, 1.82) is 0 Å². The summed E-state index contributed by atoms with van der Waals surface area (Å²) in [6, 6.07) is 11.4. The first-order valence-corrected chi connectivity index (χ1v) is 7.26. The zero-order chi connectivity index (χ0) is 17.0. The largest absolute Gasteiger partial charge is 0.331 e. The third-order valence-electron chi connectivity index (χ3n) is 3.60. The van der Waals surface area contributed by atoms with Crippen LogP contribution < -0.4 is 10.6 Å². The lowest BCUT2D eigenvalue weighted by Crippen LogP contribution is -2.31. The molecule has 1 atom stereocenters. The highest BCUT2D eigenvalue weighted by Crippen LogP contribution is 2.24. The van der Waals surface area contributed by atoms with E-state index in [1.165, 1.54) is 12.1 Å². The number of aryl methyl sites for hydroxylation is 2. The van der Waals surface area contributed by atoms with E-state index in [-0.39, 0.29) is 17.4 Å². The van der Waals surface area contributed by atoms with Crippen molar-refractivity contribution >= 4 is 17.4 Å². The number of anilines is 1. The summed E-state index contributed by atoms with van der Waals surface area (Å²) in [6.45, 7) is 5.84. The number of urea groups is 1. The second-order valence-electron chi connectivity index (χ2n) is 5.45. The number of hydrogen-bond donors (Lipinski definition) is 2. The van der Waals surface area contributed by atoms with Gasteiger partial charge < -0.3 is 10.6 Å². The Kier molecular flexibility index (Phi) is 4.95. The molecule has 0 radical (unpaired) electrons. The van der Waals surface area contributed by atoms with Gasteiger partial charge in [0, 0.05) is 6.07 Å². The lowest BCUT2D eigenvalue weighted by Gasteiger charge is -2.17. The summed E-state index contributed by atoms with van der Waals surface area (Å²) in [5, 5.41) is 16.3. The van der Waals surface area contributed by atoms with E-state index in [1.54, 1.807) is 12.1 Å². The standard InChI is InChI=1S/C17H19N3O3/c1-11-8-9-12(2)14(10-11)13(3)18-17(21)19-15-6-4-5-7-16(15)20(22)23/h4-10,13H,1-3H3,(H2,18,19,21)/t13-/m1/s1. The monoisotopic (exact) mass is 313 g/mol. The first kappa shape index (κ1) is 16.5. The molecule has 2 aromatic rings. The normalized spacial score (nSPS) is 11.6. The molecule has 0 fully saturated rings. The molecule has 0 saturated carbocycles. The van der Waals surface area contributed by atoms with Gasteiger partial charge in [-0.25, -0.2) is 4.79 Å². The summed E-state index contributed by atoms with van der Waals surface area (Å²) < 4.78 is 0. The van der Waals surface area contributed by atoms with Gasteiger partial charge in [-0.2, -0.15) is 0 Å². The van der Waals surface area contributed by atoms with Gasteiger partial charge in [-0.05, 0) is 38.0 Å². The van der Waals surface area contributed by atoms with Crippen LogP contribution in [0.25, 0.3) is 0 Å². The molecule has 120 valence electrons. The fourth-order valence-electron chi connectivity index (χ4n) is 2.40. The molecule has 2 aromatic carbocycles. The summed E-state index contributed by atoms with van der Waals surface area (Å²) in [5.41, 5.74) is 3.24. The molecule has 2 amide bonds. The van der Waals surface area contributed by atoms with E-state index in [1.807, 2.05) is 39.0 Å². The van der Waals surface area contributed by atoms with Gasteiger partial charge in [-0.15, -0.1) is 0 Å². The van der Waals surface area contributed by atoms with E-state index >= 15 is 0 Å². The van der Waals surface area contributed by atoms with Gasteiger partial charge in [0.2, 0.25) is 0 Å². The van der Waals surface area contributed by atoms with Crippen molar-refractivity contribution in [3.05, 3.63) is 69.3 Å². The van der Waals surface area contributed by atoms with Crippen molar-refractivity contribution in [2.75, 3.05) is 5.32 Å². The van der Waals surface area contributed by atoms with Crippen LogP contribution in [0, 0.1) is 24.0 Å². The van der Waals surface area contributed by atoms with Crippen molar-refractivity contribution in [3.63, 3.8) is 0 Å². The number of nitro groups is 1. The summed E-state index contributed by atoms with van der Waals surface area (Å²) in [7, 11) is 0. The predicted molar refractivity (Wildman–Crippen MR) is 89.6 cm³/mol. The molecule has 23 heavy (non-hydrogen) atoms. The summed E-state index contributed by atoms with van der Waals surface area (Å²) in [6.07, 6.45) is 0. The number of carbonyl (C=O) groups excluding carboxylic acids is 1. The molecule has 0 heterocycles. The van der Waals surface area contributed by atoms with E-state index < -0.39 is 11.0 Å². The Hall–Kier alpha value is -2.89. The number of rotatable bonds is 4. The van der Waals surface area contributed by atoms with Gasteiger partial charge in [-0.3, -0.25) is 10.1 Å². The number of nitrogens with zero attached hydrogens (tertiary/aromatic N) is 1. The minimum Gasteiger partial charge on any atom is -0.331 e. The maximum absolute atomic E-state index is 12.1. The topological polar surface area (TPSA) is 84.3 Å². The molecular formula is C17H19N3O3. The number of nitro benzene ring substituents is 1. The van der Waals surface area contributed by atoms with E-state index in [4.69, 9.17) is 0 Å². The summed E-state index contributed by atoms with van der Waals surface area (Å²) >= 11 is 0. The van der Waals surface area contributed by atoms with Gasteiger partial charge >= 0.3 is 6.03 Å². The van der Waals surface area contributed by atoms with Gasteiger partial charge in [0.1, 0.15) is 5.69 Å². The molecular weight excluding hydrogens is 294 g/mol. The molecule has 0 aliphatic carbocycles. The lowest BCUT2D eigenvalue weighted by atomic mass is 10.0. The van der Waals surface area contributed by atoms with Crippen LogP contribution in [0.2, 0.25) is 0 Å². The van der Waals surface area contributed by atoms with E-state index in [2.05, 4.69) is 10.6 Å². The molecule has 2 rings (SSSR count). The Bertz CT molecular complexity index is 744. The quantitative estimate of drug-likeness (QED) is 0.658. The molecule has 2 N–H and O–H groups in total. The minimum atomic E-state index is -0.524. The Morgan fingerprint density at radius 3 is 2.57 bits per heavy atom. The Labute approximate surface area is 134 Å². The van der Waals surface area contributed by atoms with E-state index in [9.17, 15) is 14.9 Å². The van der Waals surface area contributed by atoms with Crippen LogP contribution in [0.4, 0.5) is 16.2 Å². The fraction of sp³-hybridized carbons (Fsp3) is 0.235. The third kappa shape index (κ3) is 4.06. The van der Waals surface area contributed by atoms with Crippen LogP contribution in [-0.2, 0) is 0 Å². The fourth-order valence-corrected chi connectivity index (χ4v) is 2.40. The Morgan fingerprint density at radius 1 is 1.17 bits per heavy atom. The van der Waals surface area contributed by atoms with Crippen LogP contribution in [-0.4, -0.2) is 11.0 Å². The third-order valence-corrected chi connectivity index (χ3v) is 3.60. The molecule has 0 unspecified atom stereocenters. The van der Waals surface area contributed by atoms with Gasteiger partial charge in [-0.1, -0.05) is 35.9 Å². The Balaban J connectivity index is 2.11. The molecule has 0 spiro atoms. The van der Waals surface area contributed by atoms with Crippen molar-refractivity contribution < 1.29 is 9.72 Å². The smallest absolute Gasteiger partial charge is 0.319 e. The highest BCUT2D eigenvalue weighted by atomic mass is 16.6. The molecule has 0 bridgehead atoms.